The van der Waals surface area contributed by atoms with Gasteiger partial charge in [0.05, 0.1) is 19.3 Å². The first-order chi connectivity index (χ1) is 14.9. The van der Waals surface area contributed by atoms with Crippen LogP contribution in [-0.4, -0.2) is 53.3 Å². The molecule has 7 heteroatoms. The third-order valence-electron chi connectivity index (χ3n) is 6.64. The number of hydrogen-bond acceptors (Lipinski definition) is 3. The molecule has 3 aromatic rings. The molecule has 6 nitrogen and oxygen atoms in total. The van der Waals surface area contributed by atoms with Crippen molar-refractivity contribution in [2.75, 3.05) is 26.7 Å². The summed E-state index contributed by atoms with van der Waals surface area (Å²) in [5.41, 5.74) is 2.36. The van der Waals surface area contributed by atoms with E-state index in [4.69, 9.17) is 4.74 Å². The summed E-state index contributed by atoms with van der Waals surface area (Å²) in [5.74, 6) is 0.302. The Bertz CT molecular complexity index is 1190. The molecule has 0 saturated carbocycles. The van der Waals surface area contributed by atoms with Gasteiger partial charge in [0.1, 0.15) is 11.6 Å². The number of rotatable bonds is 4. The molecule has 0 unspecified atom stereocenters. The fourth-order valence-corrected chi connectivity index (χ4v) is 4.94. The summed E-state index contributed by atoms with van der Waals surface area (Å²) in [4.78, 5) is 33.3. The van der Waals surface area contributed by atoms with Crippen LogP contribution in [0.25, 0.3) is 10.9 Å². The average molecular weight is 421 g/mol. The summed E-state index contributed by atoms with van der Waals surface area (Å²) in [7, 11) is 1.62. The van der Waals surface area contributed by atoms with E-state index < -0.39 is 5.54 Å². The number of nitrogens with zero attached hydrogens (tertiary/aromatic N) is 2. The highest BCUT2D eigenvalue weighted by Gasteiger charge is 2.53. The van der Waals surface area contributed by atoms with Crippen LogP contribution in [0.4, 0.5) is 4.39 Å². The molecule has 3 heterocycles. The molecule has 0 aliphatic carbocycles. The number of carbonyl (C=O) groups is 2. The van der Waals surface area contributed by atoms with Crippen molar-refractivity contribution in [2.24, 2.45) is 0 Å². The number of halogens is 1. The van der Waals surface area contributed by atoms with Crippen molar-refractivity contribution < 1.29 is 18.7 Å². The van der Waals surface area contributed by atoms with Crippen LogP contribution in [0.5, 0.6) is 5.75 Å². The van der Waals surface area contributed by atoms with Crippen LogP contribution in [0, 0.1) is 5.82 Å². The lowest BCUT2D eigenvalue weighted by molar-refractivity contribution is -0.165. The minimum atomic E-state index is -1.11. The van der Waals surface area contributed by atoms with Gasteiger partial charge in [-0.25, -0.2) is 4.39 Å². The van der Waals surface area contributed by atoms with Crippen molar-refractivity contribution in [2.45, 2.75) is 25.3 Å². The molecule has 2 aromatic carbocycles. The maximum Gasteiger partial charge on any atom is 0.254 e. The van der Waals surface area contributed by atoms with Crippen molar-refractivity contribution >= 4 is 22.7 Å². The number of H-pyrrole nitrogens is 1. The van der Waals surface area contributed by atoms with Gasteiger partial charge in [-0.3, -0.25) is 9.59 Å². The molecule has 2 amide bonds. The van der Waals surface area contributed by atoms with E-state index in [1.54, 1.807) is 29.9 Å². The van der Waals surface area contributed by atoms with Crippen LogP contribution in [0.3, 0.4) is 0 Å². The van der Waals surface area contributed by atoms with E-state index in [0.29, 0.717) is 31.6 Å². The fourth-order valence-electron chi connectivity index (χ4n) is 4.94. The summed E-state index contributed by atoms with van der Waals surface area (Å²) >= 11 is 0. The molecule has 0 radical (unpaired) electrons. The number of piperazine rings is 1. The van der Waals surface area contributed by atoms with Crippen LogP contribution < -0.4 is 4.74 Å². The number of carbonyl (C=O) groups excluding carboxylic acids is 2. The van der Waals surface area contributed by atoms with Crippen LogP contribution in [-0.2, 0) is 28.0 Å². The predicted molar refractivity (Wildman–Crippen MR) is 114 cm³/mol. The molecule has 2 aliphatic rings. The molecule has 5 rings (SSSR count). The number of aromatic nitrogens is 1. The van der Waals surface area contributed by atoms with E-state index in [1.807, 2.05) is 24.3 Å². The highest BCUT2D eigenvalue weighted by Crippen LogP contribution is 2.42. The Labute approximate surface area is 179 Å². The molecule has 2 aliphatic heterocycles. The van der Waals surface area contributed by atoms with Gasteiger partial charge >= 0.3 is 0 Å². The Kier molecular flexibility index (Phi) is 4.50. The zero-order chi connectivity index (χ0) is 21.8. The van der Waals surface area contributed by atoms with Gasteiger partial charge in [0.25, 0.3) is 5.91 Å². The Morgan fingerprint density at radius 2 is 1.94 bits per heavy atom. The third kappa shape index (κ3) is 2.99. The summed E-state index contributed by atoms with van der Waals surface area (Å²) in [6.45, 7) is 2.78. The summed E-state index contributed by atoms with van der Waals surface area (Å²) < 4.78 is 19.1. The third-order valence-corrected chi connectivity index (χ3v) is 6.64. The molecule has 160 valence electrons. The SMILES string of the molecule is COc1ccc(CCN2CC(=O)N3CCc4c([nH]c5ccc(F)cc45)[C@]3(C)C2=O)cc1. The maximum absolute atomic E-state index is 13.9. The summed E-state index contributed by atoms with van der Waals surface area (Å²) in [6.07, 6.45) is 1.24. The topological polar surface area (TPSA) is 65.6 Å². The van der Waals surface area contributed by atoms with E-state index in [-0.39, 0.29) is 24.2 Å². The smallest absolute Gasteiger partial charge is 0.254 e. The molecule has 0 spiro atoms. The van der Waals surface area contributed by atoms with Gasteiger partial charge in [0.15, 0.2) is 5.54 Å². The zero-order valence-electron chi connectivity index (χ0n) is 17.6. The van der Waals surface area contributed by atoms with Crippen molar-refractivity contribution in [3.8, 4) is 5.75 Å². The monoisotopic (exact) mass is 421 g/mol. The number of fused-ring (bicyclic) bond motifs is 5. The van der Waals surface area contributed by atoms with E-state index in [2.05, 4.69) is 4.98 Å². The van der Waals surface area contributed by atoms with Crippen LogP contribution in [0.2, 0.25) is 0 Å². The van der Waals surface area contributed by atoms with Gasteiger partial charge in [-0.2, -0.15) is 0 Å². The molecule has 1 N–H and O–H groups in total. The minimum absolute atomic E-state index is 0.0627. The standard InChI is InChI=1S/C24H24FN3O3/c1-24-22-18(19-13-16(25)5-8-20(19)26-22)10-12-28(24)21(29)14-27(23(24)30)11-9-15-3-6-17(31-2)7-4-15/h3-8,13,26H,9-12,14H2,1-2H3/t24-/m1/s1. The number of methoxy groups -OCH3 is 1. The largest absolute Gasteiger partial charge is 0.497 e. The average Bonchev–Trinajstić information content (AvgIpc) is 3.15. The highest BCUT2D eigenvalue weighted by atomic mass is 19.1. The Hall–Kier alpha value is -3.35. The molecule has 31 heavy (non-hydrogen) atoms. The number of ether oxygens (including phenoxy) is 1. The Morgan fingerprint density at radius 3 is 2.68 bits per heavy atom. The zero-order valence-corrected chi connectivity index (χ0v) is 17.6. The second-order valence-corrected chi connectivity index (χ2v) is 8.36. The van der Waals surface area contributed by atoms with Crippen molar-refractivity contribution in [3.05, 3.63) is 65.1 Å². The molecular weight excluding hydrogens is 397 g/mol. The van der Waals surface area contributed by atoms with Gasteiger partial charge in [-0.1, -0.05) is 12.1 Å². The van der Waals surface area contributed by atoms with E-state index in [9.17, 15) is 14.0 Å². The van der Waals surface area contributed by atoms with Gasteiger partial charge in [-0.15, -0.1) is 0 Å². The quantitative estimate of drug-likeness (QED) is 0.704. The minimum Gasteiger partial charge on any atom is -0.497 e. The maximum atomic E-state index is 13.9. The van der Waals surface area contributed by atoms with Crippen LogP contribution in [0.15, 0.2) is 42.5 Å². The van der Waals surface area contributed by atoms with Crippen LogP contribution >= 0.6 is 0 Å². The Balaban J connectivity index is 1.47. The first-order valence-corrected chi connectivity index (χ1v) is 10.4. The highest BCUT2D eigenvalue weighted by molar-refractivity contribution is 6.00. The number of aromatic amines is 1. The fraction of sp³-hybridized carbons (Fsp3) is 0.333. The van der Waals surface area contributed by atoms with Gasteiger partial charge in [0, 0.05) is 24.0 Å². The lowest BCUT2D eigenvalue weighted by Gasteiger charge is -2.49. The first-order valence-electron chi connectivity index (χ1n) is 10.4. The Morgan fingerprint density at radius 1 is 1.16 bits per heavy atom. The predicted octanol–water partition coefficient (Wildman–Crippen LogP) is 3.00. The lowest BCUT2D eigenvalue weighted by atomic mass is 9.83. The van der Waals surface area contributed by atoms with Crippen molar-refractivity contribution in [1.29, 1.82) is 0 Å². The van der Waals surface area contributed by atoms with Crippen molar-refractivity contribution in [3.63, 3.8) is 0 Å². The summed E-state index contributed by atoms with van der Waals surface area (Å²) in [6, 6.07) is 12.3. The number of amides is 2. The van der Waals surface area contributed by atoms with E-state index in [1.165, 1.54) is 12.1 Å². The van der Waals surface area contributed by atoms with Gasteiger partial charge in [0.2, 0.25) is 5.91 Å². The van der Waals surface area contributed by atoms with E-state index >= 15 is 0 Å². The second kappa shape index (κ2) is 7.11. The molecular formula is C24H24FN3O3. The van der Waals surface area contributed by atoms with Crippen LogP contribution in [0.1, 0.15) is 23.7 Å². The number of benzene rings is 2. The summed E-state index contributed by atoms with van der Waals surface area (Å²) in [5, 5.41) is 0.784. The molecule has 1 saturated heterocycles. The van der Waals surface area contributed by atoms with Gasteiger partial charge < -0.3 is 19.5 Å². The molecule has 1 fully saturated rings. The first kappa shape index (κ1) is 19.6. The second-order valence-electron chi connectivity index (χ2n) is 8.36. The van der Waals surface area contributed by atoms with Gasteiger partial charge in [-0.05, 0) is 61.2 Å². The molecule has 1 aromatic heterocycles. The lowest BCUT2D eigenvalue weighted by Crippen LogP contribution is -2.67. The normalized spacial score (nSPS) is 20.7. The number of nitrogens with one attached hydrogen (secondary N) is 1. The number of hydrogen-bond donors (Lipinski definition) is 1. The van der Waals surface area contributed by atoms with E-state index in [0.717, 1.165) is 27.8 Å². The molecule has 0 bridgehead atoms. The molecule has 1 atom stereocenters. The van der Waals surface area contributed by atoms with Crippen molar-refractivity contribution in [1.82, 2.24) is 14.8 Å².